The molecule has 3 saturated carbocycles. The van der Waals surface area contributed by atoms with Gasteiger partial charge in [-0.05, 0) is 67.8 Å². The summed E-state index contributed by atoms with van der Waals surface area (Å²) in [6.07, 6.45) is 6.21. The Bertz CT molecular complexity index is 847. The molecule has 6 heteroatoms. The van der Waals surface area contributed by atoms with E-state index in [9.17, 15) is 19.5 Å². The van der Waals surface area contributed by atoms with E-state index in [2.05, 4.69) is 13.8 Å². The Morgan fingerprint density at radius 1 is 1.20 bits per heavy atom. The van der Waals surface area contributed by atoms with E-state index in [-0.39, 0.29) is 52.2 Å². The molecular weight excluding hydrogens is 384 g/mol. The van der Waals surface area contributed by atoms with Gasteiger partial charge in [0.15, 0.2) is 5.78 Å². The highest BCUT2D eigenvalue weighted by Crippen LogP contribution is 2.70. The summed E-state index contributed by atoms with van der Waals surface area (Å²) < 4.78 is 11.2. The first-order valence-corrected chi connectivity index (χ1v) is 11.4. The number of hydrogen-bond donors (Lipinski definition) is 1. The smallest absolute Gasteiger partial charge is 0.309 e. The number of aliphatic hydroxyl groups is 1. The second kappa shape index (κ2) is 6.41. The van der Waals surface area contributed by atoms with E-state index in [1.54, 1.807) is 6.08 Å². The summed E-state index contributed by atoms with van der Waals surface area (Å²) in [5.74, 6) is -0.636. The number of fused-ring (bicyclic) bond motifs is 6. The van der Waals surface area contributed by atoms with Gasteiger partial charge in [0.25, 0.3) is 0 Å². The summed E-state index contributed by atoms with van der Waals surface area (Å²) in [7, 11) is 1.42. The third-order valence-corrected chi connectivity index (χ3v) is 9.79. The van der Waals surface area contributed by atoms with Crippen LogP contribution < -0.4 is 0 Å². The zero-order valence-corrected chi connectivity index (χ0v) is 18.1. The van der Waals surface area contributed by atoms with Crippen LogP contribution in [-0.2, 0) is 23.9 Å². The van der Waals surface area contributed by atoms with Crippen molar-refractivity contribution in [1.82, 2.24) is 0 Å². The number of carbonyl (C=O) groups excluding carboxylic acids is 3. The van der Waals surface area contributed by atoms with Crippen LogP contribution in [0.3, 0.4) is 0 Å². The second-order valence-corrected chi connectivity index (χ2v) is 10.8. The van der Waals surface area contributed by atoms with Crippen LogP contribution in [0.5, 0.6) is 0 Å². The molecule has 0 aromatic carbocycles. The summed E-state index contributed by atoms with van der Waals surface area (Å²) in [6.45, 7) is 4.33. The molecule has 4 fully saturated rings. The van der Waals surface area contributed by atoms with Crippen LogP contribution in [0.2, 0.25) is 0 Å². The molecule has 1 saturated heterocycles. The zero-order valence-electron chi connectivity index (χ0n) is 18.1. The van der Waals surface area contributed by atoms with Gasteiger partial charge in [-0.2, -0.15) is 0 Å². The number of carbonyl (C=O) groups is 3. The third kappa shape index (κ3) is 2.43. The van der Waals surface area contributed by atoms with Crippen molar-refractivity contribution in [2.45, 2.75) is 76.9 Å². The van der Waals surface area contributed by atoms with E-state index in [4.69, 9.17) is 9.47 Å². The minimum Gasteiger partial charge on any atom is -0.469 e. The van der Waals surface area contributed by atoms with Crippen molar-refractivity contribution in [3.63, 3.8) is 0 Å². The van der Waals surface area contributed by atoms with Gasteiger partial charge in [0.1, 0.15) is 5.60 Å². The van der Waals surface area contributed by atoms with Gasteiger partial charge in [0, 0.05) is 18.3 Å². The number of ketones is 1. The van der Waals surface area contributed by atoms with Crippen LogP contribution >= 0.6 is 0 Å². The average molecular weight is 417 g/mol. The first kappa shape index (κ1) is 20.2. The minimum atomic E-state index is -0.611. The fourth-order valence-electron chi connectivity index (χ4n) is 8.35. The Morgan fingerprint density at radius 2 is 1.97 bits per heavy atom. The number of allylic oxidation sites excluding steroid dienone is 1. The molecule has 0 aromatic rings. The van der Waals surface area contributed by atoms with Crippen LogP contribution in [-0.4, -0.2) is 41.6 Å². The fourth-order valence-corrected chi connectivity index (χ4v) is 8.35. The third-order valence-electron chi connectivity index (χ3n) is 9.79. The molecule has 1 heterocycles. The molecule has 1 spiro atoms. The molecule has 5 rings (SSSR count). The first-order valence-electron chi connectivity index (χ1n) is 11.4. The van der Waals surface area contributed by atoms with Crippen LogP contribution in [0.25, 0.3) is 0 Å². The second-order valence-electron chi connectivity index (χ2n) is 10.8. The van der Waals surface area contributed by atoms with Crippen molar-refractivity contribution in [1.29, 1.82) is 0 Å². The number of esters is 2. The van der Waals surface area contributed by atoms with Crippen LogP contribution in [0, 0.1) is 34.5 Å². The minimum absolute atomic E-state index is 0.0415. The molecule has 4 aliphatic carbocycles. The zero-order chi connectivity index (χ0) is 21.5. The number of rotatable bonds is 1. The van der Waals surface area contributed by atoms with Crippen LogP contribution in [0.4, 0.5) is 0 Å². The van der Waals surface area contributed by atoms with E-state index >= 15 is 0 Å². The largest absolute Gasteiger partial charge is 0.469 e. The predicted octanol–water partition coefficient (Wildman–Crippen LogP) is 2.96. The van der Waals surface area contributed by atoms with Crippen molar-refractivity contribution in [3.05, 3.63) is 11.6 Å². The lowest BCUT2D eigenvalue weighted by atomic mass is 9.43. The summed E-state index contributed by atoms with van der Waals surface area (Å²) in [4.78, 5) is 37.2. The highest BCUT2D eigenvalue weighted by molar-refractivity contribution is 5.92. The van der Waals surface area contributed by atoms with E-state index in [0.717, 1.165) is 18.4 Å². The Labute approximate surface area is 177 Å². The molecule has 30 heavy (non-hydrogen) atoms. The quantitative estimate of drug-likeness (QED) is 0.661. The van der Waals surface area contributed by atoms with Crippen molar-refractivity contribution >= 4 is 17.7 Å². The molecule has 0 bridgehead atoms. The highest BCUT2D eigenvalue weighted by Gasteiger charge is 2.71. The van der Waals surface area contributed by atoms with Crippen LogP contribution in [0.15, 0.2) is 11.6 Å². The predicted molar refractivity (Wildman–Crippen MR) is 107 cm³/mol. The van der Waals surface area contributed by atoms with Gasteiger partial charge in [0.05, 0.1) is 19.1 Å². The molecule has 0 aromatic heterocycles. The van der Waals surface area contributed by atoms with Gasteiger partial charge >= 0.3 is 11.9 Å². The standard InChI is InChI=1S/C24H32O6/c1-22-7-4-14(25)10-13(22)11-15(21(28)29-3)19-16-5-8-24(9-6-18(27)30-24)23(16,2)12-17(26)20(19)22/h10,15-17,19-20,26H,4-9,11-12H2,1-3H3/t15-,16-,17+,19-,20-,22+,23+,24-/m0/s1. The molecule has 0 amide bonds. The van der Waals surface area contributed by atoms with Gasteiger partial charge in [-0.25, -0.2) is 0 Å². The number of methoxy groups -OCH3 is 1. The van der Waals surface area contributed by atoms with Crippen molar-refractivity contribution in [3.8, 4) is 0 Å². The molecular formula is C24H32O6. The molecule has 5 aliphatic rings. The Hall–Kier alpha value is -1.69. The molecule has 8 atom stereocenters. The summed E-state index contributed by atoms with van der Waals surface area (Å²) in [5.41, 5.74) is -0.168. The Balaban J connectivity index is 1.62. The topological polar surface area (TPSA) is 89.9 Å². The molecule has 164 valence electrons. The maximum atomic E-state index is 12.9. The van der Waals surface area contributed by atoms with E-state index in [0.29, 0.717) is 38.5 Å². The maximum absolute atomic E-state index is 12.9. The summed E-state index contributed by atoms with van der Waals surface area (Å²) in [6, 6.07) is 0. The van der Waals surface area contributed by atoms with Crippen molar-refractivity contribution in [2.75, 3.05) is 7.11 Å². The normalized spacial score (nSPS) is 49.7. The summed E-state index contributed by atoms with van der Waals surface area (Å²) >= 11 is 0. The van der Waals surface area contributed by atoms with Gasteiger partial charge in [0.2, 0.25) is 0 Å². The summed E-state index contributed by atoms with van der Waals surface area (Å²) in [5, 5.41) is 11.6. The van der Waals surface area contributed by atoms with Gasteiger partial charge in [-0.1, -0.05) is 19.4 Å². The van der Waals surface area contributed by atoms with Crippen molar-refractivity contribution in [2.24, 2.45) is 34.5 Å². The van der Waals surface area contributed by atoms with E-state index in [1.807, 2.05) is 0 Å². The lowest BCUT2D eigenvalue weighted by Crippen LogP contribution is -2.62. The number of hydrogen-bond acceptors (Lipinski definition) is 6. The fraction of sp³-hybridized carbons (Fsp3) is 0.792. The van der Waals surface area contributed by atoms with E-state index in [1.165, 1.54) is 7.11 Å². The van der Waals surface area contributed by atoms with E-state index < -0.39 is 11.7 Å². The van der Waals surface area contributed by atoms with Gasteiger partial charge in [-0.3, -0.25) is 14.4 Å². The molecule has 0 radical (unpaired) electrons. The first-order chi connectivity index (χ1) is 14.1. The van der Waals surface area contributed by atoms with Crippen LogP contribution in [0.1, 0.15) is 65.2 Å². The Kier molecular flexibility index (Phi) is 4.32. The van der Waals surface area contributed by atoms with Gasteiger partial charge in [-0.15, -0.1) is 0 Å². The monoisotopic (exact) mass is 416 g/mol. The molecule has 0 unspecified atom stereocenters. The maximum Gasteiger partial charge on any atom is 0.309 e. The van der Waals surface area contributed by atoms with Crippen molar-refractivity contribution < 1.29 is 29.0 Å². The average Bonchev–Trinajstić information content (AvgIpc) is 3.21. The molecule has 1 N–H and O–H groups in total. The highest BCUT2D eigenvalue weighted by atomic mass is 16.6. The van der Waals surface area contributed by atoms with Gasteiger partial charge < -0.3 is 14.6 Å². The number of ether oxygens (including phenoxy) is 2. The number of aliphatic hydroxyl groups excluding tert-OH is 1. The lowest BCUT2D eigenvalue weighted by molar-refractivity contribution is -0.197. The molecule has 6 nitrogen and oxygen atoms in total. The lowest BCUT2D eigenvalue weighted by Gasteiger charge is -2.62. The Morgan fingerprint density at radius 3 is 2.63 bits per heavy atom. The SMILES string of the molecule is COC(=O)[C@H]1CC2=CC(=O)CC[C@@]2(C)[C@@H]2[C@@H]1[C@@H]1CC[C@]3(CCC(=O)O3)[C@]1(C)C[C@H]2O. The molecule has 1 aliphatic heterocycles.